The fourth-order valence-electron chi connectivity index (χ4n) is 2.10. The summed E-state index contributed by atoms with van der Waals surface area (Å²) in [5.41, 5.74) is 2.30. The first-order chi connectivity index (χ1) is 10.1. The van der Waals surface area contributed by atoms with Crippen molar-refractivity contribution in [3.05, 3.63) is 51.5 Å². The van der Waals surface area contributed by atoms with Crippen LogP contribution >= 0.6 is 11.3 Å². The molecule has 5 heteroatoms. The van der Waals surface area contributed by atoms with Gasteiger partial charge in [-0.05, 0) is 32.3 Å². The molecule has 0 bridgehead atoms. The average Bonchev–Trinajstić information content (AvgIpc) is 2.80. The lowest BCUT2D eigenvalue weighted by Crippen LogP contribution is -2.35. The molecule has 1 aromatic carbocycles. The Kier molecular flexibility index (Phi) is 5.75. The highest BCUT2D eigenvalue weighted by molar-refractivity contribution is 7.11. The van der Waals surface area contributed by atoms with Gasteiger partial charge in [0.15, 0.2) is 0 Å². The third-order valence-corrected chi connectivity index (χ3v) is 4.25. The van der Waals surface area contributed by atoms with E-state index in [0.717, 1.165) is 28.4 Å². The summed E-state index contributed by atoms with van der Waals surface area (Å²) >= 11 is 1.63. The predicted molar refractivity (Wildman–Crippen MR) is 86.6 cm³/mol. The van der Waals surface area contributed by atoms with Crippen molar-refractivity contribution in [3.63, 3.8) is 0 Å². The van der Waals surface area contributed by atoms with Crippen LogP contribution in [0.5, 0.6) is 0 Å². The van der Waals surface area contributed by atoms with E-state index in [2.05, 4.69) is 27.8 Å². The molecule has 0 saturated heterocycles. The van der Waals surface area contributed by atoms with Gasteiger partial charge in [-0.25, -0.2) is 9.78 Å². The molecule has 1 heterocycles. The molecular weight excluding hydrogens is 282 g/mol. The van der Waals surface area contributed by atoms with Crippen molar-refractivity contribution in [1.82, 2.24) is 15.6 Å². The van der Waals surface area contributed by atoms with Crippen molar-refractivity contribution < 1.29 is 4.79 Å². The number of hydrogen-bond acceptors (Lipinski definition) is 3. The second-order valence-electron chi connectivity index (χ2n) is 4.94. The smallest absolute Gasteiger partial charge is 0.315 e. The summed E-state index contributed by atoms with van der Waals surface area (Å²) in [6, 6.07) is 10.2. The molecule has 2 aromatic rings. The third kappa shape index (κ3) is 5.19. The minimum absolute atomic E-state index is 0.117. The molecule has 0 aliphatic carbocycles. The van der Waals surface area contributed by atoms with Crippen LogP contribution in [0.25, 0.3) is 0 Å². The van der Waals surface area contributed by atoms with Gasteiger partial charge in [0.2, 0.25) is 0 Å². The van der Waals surface area contributed by atoms with Gasteiger partial charge in [0.25, 0.3) is 0 Å². The number of nitrogens with one attached hydrogen (secondary N) is 2. The fourth-order valence-corrected chi connectivity index (χ4v) is 2.98. The summed E-state index contributed by atoms with van der Waals surface area (Å²) in [6.07, 6.45) is 1.92. The molecule has 2 N–H and O–H groups in total. The number of urea groups is 1. The lowest BCUT2D eigenvalue weighted by atomic mass is 10.1. The number of thiazole rings is 1. The van der Waals surface area contributed by atoms with Gasteiger partial charge < -0.3 is 10.6 Å². The lowest BCUT2D eigenvalue weighted by molar-refractivity contribution is 0.240. The van der Waals surface area contributed by atoms with Crippen LogP contribution in [0.1, 0.15) is 27.6 Å². The Morgan fingerprint density at radius 1 is 1.19 bits per heavy atom. The lowest BCUT2D eigenvalue weighted by Gasteiger charge is -2.07. The molecule has 0 unspecified atom stereocenters. The number of nitrogens with zero attached hydrogens (tertiary/aromatic N) is 1. The maximum Gasteiger partial charge on any atom is 0.315 e. The molecule has 0 aliphatic rings. The molecule has 2 amide bonds. The average molecular weight is 303 g/mol. The van der Waals surface area contributed by atoms with Crippen molar-refractivity contribution in [1.29, 1.82) is 0 Å². The van der Waals surface area contributed by atoms with Crippen LogP contribution in [-0.4, -0.2) is 17.6 Å². The van der Waals surface area contributed by atoms with Crippen LogP contribution in [0.4, 0.5) is 4.79 Å². The minimum atomic E-state index is -0.117. The van der Waals surface area contributed by atoms with Crippen molar-refractivity contribution >= 4 is 17.4 Å². The molecule has 0 fully saturated rings. The SMILES string of the molecule is Cc1nc(C)c(CNC(=O)NCCCc2ccccc2)s1. The molecule has 2 rings (SSSR count). The largest absolute Gasteiger partial charge is 0.338 e. The van der Waals surface area contributed by atoms with E-state index in [9.17, 15) is 4.79 Å². The Labute approximate surface area is 129 Å². The monoisotopic (exact) mass is 303 g/mol. The highest BCUT2D eigenvalue weighted by Gasteiger charge is 2.06. The van der Waals surface area contributed by atoms with Gasteiger partial charge in [-0.15, -0.1) is 11.3 Å². The zero-order valence-corrected chi connectivity index (χ0v) is 13.3. The standard InChI is InChI=1S/C16H21N3OS/c1-12-15(21-13(2)19-12)11-18-16(20)17-10-6-9-14-7-4-3-5-8-14/h3-5,7-8H,6,9-11H2,1-2H3,(H2,17,18,20). The summed E-state index contributed by atoms with van der Waals surface area (Å²) in [5.74, 6) is 0. The number of rotatable bonds is 6. The van der Waals surface area contributed by atoms with Gasteiger partial charge in [-0.3, -0.25) is 0 Å². The number of carbonyl (C=O) groups excluding carboxylic acids is 1. The Morgan fingerprint density at radius 3 is 2.62 bits per heavy atom. The number of aromatic nitrogens is 1. The summed E-state index contributed by atoms with van der Waals surface area (Å²) in [5, 5.41) is 6.79. The van der Waals surface area contributed by atoms with Crippen LogP contribution in [0.3, 0.4) is 0 Å². The van der Waals surface area contributed by atoms with Crippen molar-refractivity contribution in [2.24, 2.45) is 0 Å². The third-order valence-electron chi connectivity index (χ3n) is 3.18. The molecule has 112 valence electrons. The first-order valence-corrected chi connectivity index (χ1v) is 7.95. The number of carbonyl (C=O) groups is 1. The highest BCUT2D eigenvalue weighted by Crippen LogP contribution is 2.16. The van der Waals surface area contributed by atoms with E-state index >= 15 is 0 Å². The molecule has 21 heavy (non-hydrogen) atoms. The second-order valence-corrected chi connectivity index (χ2v) is 6.23. The van der Waals surface area contributed by atoms with Crippen LogP contribution in [-0.2, 0) is 13.0 Å². The van der Waals surface area contributed by atoms with Crippen LogP contribution in [0.15, 0.2) is 30.3 Å². The van der Waals surface area contributed by atoms with E-state index in [1.54, 1.807) is 11.3 Å². The number of amides is 2. The Hall–Kier alpha value is -1.88. The first-order valence-electron chi connectivity index (χ1n) is 7.13. The first kappa shape index (κ1) is 15.5. The summed E-state index contributed by atoms with van der Waals surface area (Å²) in [4.78, 5) is 17.2. The van der Waals surface area contributed by atoms with E-state index in [-0.39, 0.29) is 6.03 Å². The number of hydrogen-bond donors (Lipinski definition) is 2. The van der Waals surface area contributed by atoms with Gasteiger partial charge in [0.05, 0.1) is 17.2 Å². The Balaban J connectivity index is 1.63. The van der Waals surface area contributed by atoms with Crippen molar-refractivity contribution in [2.75, 3.05) is 6.54 Å². The highest BCUT2D eigenvalue weighted by atomic mass is 32.1. The van der Waals surface area contributed by atoms with E-state index in [4.69, 9.17) is 0 Å². The number of benzene rings is 1. The topological polar surface area (TPSA) is 54.0 Å². The summed E-state index contributed by atoms with van der Waals surface area (Å²) < 4.78 is 0. The van der Waals surface area contributed by atoms with Gasteiger partial charge >= 0.3 is 6.03 Å². The Bertz CT molecular complexity index is 580. The molecular formula is C16H21N3OS. The quantitative estimate of drug-likeness (QED) is 0.805. The van der Waals surface area contributed by atoms with Gasteiger partial charge in [-0.1, -0.05) is 30.3 Å². The van der Waals surface area contributed by atoms with E-state index in [1.165, 1.54) is 5.56 Å². The molecule has 0 atom stereocenters. The molecule has 0 saturated carbocycles. The van der Waals surface area contributed by atoms with Gasteiger partial charge in [-0.2, -0.15) is 0 Å². The predicted octanol–water partition coefficient (Wildman–Crippen LogP) is 3.19. The molecule has 4 nitrogen and oxygen atoms in total. The fraction of sp³-hybridized carbons (Fsp3) is 0.375. The van der Waals surface area contributed by atoms with Gasteiger partial charge in [0.1, 0.15) is 0 Å². The van der Waals surface area contributed by atoms with E-state index in [1.807, 2.05) is 32.0 Å². The normalized spacial score (nSPS) is 10.4. The summed E-state index contributed by atoms with van der Waals surface area (Å²) in [7, 11) is 0. The minimum Gasteiger partial charge on any atom is -0.338 e. The zero-order chi connectivity index (χ0) is 15.1. The molecule has 0 spiro atoms. The van der Waals surface area contributed by atoms with Gasteiger partial charge in [0, 0.05) is 11.4 Å². The zero-order valence-electron chi connectivity index (χ0n) is 12.5. The Morgan fingerprint density at radius 2 is 1.95 bits per heavy atom. The summed E-state index contributed by atoms with van der Waals surface area (Å²) in [6.45, 7) is 5.17. The van der Waals surface area contributed by atoms with E-state index in [0.29, 0.717) is 13.1 Å². The molecule has 1 aromatic heterocycles. The van der Waals surface area contributed by atoms with Crippen LogP contribution < -0.4 is 10.6 Å². The molecule has 0 radical (unpaired) electrons. The van der Waals surface area contributed by atoms with E-state index < -0.39 is 0 Å². The van der Waals surface area contributed by atoms with Crippen LogP contribution in [0.2, 0.25) is 0 Å². The maximum atomic E-state index is 11.7. The maximum absolute atomic E-state index is 11.7. The second kappa shape index (κ2) is 7.78. The molecule has 0 aliphatic heterocycles. The van der Waals surface area contributed by atoms with Crippen LogP contribution in [0, 0.1) is 13.8 Å². The van der Waals surface area contributed by atoms with Crippen molar-refractivity contribution in [3.8, 4) is 0 Å². The van der Waals surface area contributed by atoms with Crippen molar-refractivity contribution in [2.45, 2.75) is 33.2 Å². The number of aryl methyl sites for hydroxylation is 3.